The van der Waals surface area contributed by atoms with Gasteiger partial charge in [0, 0.05) is 27.1 Å². The quantitative estimate of drug-likeness (QED) is 0.157. The number of benzene rings is 10. The number of nitriles is 5. The van der Waals surface area contributed by atoms with Gasteiger partial charge in [-0.05, 0) is 147 Å². The third-order valence-corrected chi connectivity index (χ3v) is 14.2. The zero-order valence-corrected chi connectivity index (χ0v) is 39.9. The topological polar surface area (TPSA) is 129 Å². The summed E-state index contributed by atoms with van der Waals surface area (Å²) in [7, 11) is 0. The molecule has 0 aliphatic rings. The summed E-state index contributed by atoms with van der Waals surface area (Å²) in [6, 6.07) is 72.8. The lowest BCUT2D eigenvalue weighted by molar-refractivity contribution is -0.137. The molecule has 2 aromatic heterocycles. The van der Waals surface area contributed by atoms with Crippen molar-refractivity contribution >= 4 is 43.6 Å². The second-order valence-corrected chi connectivity index (χ2v) is 18.3. The van der Waals surface area contributed by atoms with Crippen molar-refractivity contribution in [3.63, 3.8) is 0 Å². The molecule has 12 rings (SSSR count). The summed E-state index contributed by atoms with van der Waals surface area (Å²) in [5.41, 5.74) is 11.2. The monoisotopic (exact) mass is 981 g/mol. The van der Waals surface area contributed by atoms with Gasteiger partial charge < -0.3 is 9.13 Å². The zero-order valence-electron chi connectivity index (χ0n) is 39.9. The molecule has 12 aromatic rings. The molecular weight excluding hydrogens is 948 g/mol. The summed E-state index contributed by atoms with van der Waals surface area (Å²) in [5.74, 6) is 0. The van der Waals surface area contributed by atoms with Crippen LogP contribution in [-0.4, -0.2) is 9.13 Å². The summed E-state index contributed by atoms with van der Waals surface area (Å²) in [6.45, 7) is 0. The Hall–Kier alpha value is -11.0. The Labute approximate surface area is 433 Å². The minimum atomic E-state index is -4.71. The highest BCUT2D eigenvalue weighted by molar-refractivity contribution is 6.14. The van der Waals surface area contributed by atoms with Gasteiger partial charge in [-0.2, -0.15) is 39.5 Å². The normalized spacial score (nSPS) is 11.3. The Morgan fingerprint density at radius 2 is 0.645 bits per heavy atom. The maximum Gasteiger partial charge on any atom is 0.416 e. The highest BCUT2D eigenvalue weighted by Crippen LogP contribution is 2.46. The van der Waals surface area contributed by atoms with E-state index in [1.807, 2.05) is 130 Å². The number of hydrogen-bond acceptors (Lipinski definition) is 5. The van der Waals surface area contributed by atoms with E-state index in [2.05, 4.69) is 30.3 Å². The van der Waals surface area contributed by atoms with E-state index >= 15 is 0 Å². The minimum Gasteiger partial charge on any atom is -0.308 e. The molecule has 2 heterocycles. The van der Waals surface area contributed by atoms with Gasteiger partial charge >= 0.3 is 6.18 Å². The summed E-state index contributed by atoms with van der Waals surface area (Å²) < 4.78 is 48.9. The Morgan fingerprint density at radius 1 is 0.316 bits per heavy atom. The van der Waals surface area contributed by atoms with Crippen molar-refractivity contribution in [3.8, 4) is 97.4 Å². The molecule has 354 valence electrons. The van der Waals surface area contributed by atoms with Crippen LogP contribution in [-0.2, 0) is 6.18 Å². The third-order valence-electron chi connectivity index (χ3n) is 14.2. The van der Waals surface area contributed by atoms with Crippen molar-refractivity contribution in [1.82, 2.24) is 9.13 Å². The molecule has 0 saturated carbocycles. The van der Waals surface area contributed by atoms with Gasteiger partial charge in [0.1, 0.15) is 0 Å². The van der Waals surface area contributed by atoms with E-state index in [4.69, 9.17) is 0 Å². The predicted molar refractivity (Wildman–Crippen MR) is 291 cm³/mol. The summed E-state index contributed by atoms with van der Waals surface area (Å²) in [4.78, 5) is 0. The lowest BCUT2D eigenvalue weighted by atomic mass is 9.96. The van der Waals surface area contributed by atoms with Gasteiger partial charge in [-0.15, -0.1) is 0 Å². The smallest absolute Gasteiger partial charge is 0.308 e. The average molecular weight is 982 g/mol. The Bertz CT molecular complexity index is 4170. The highest BCUT2D eigenvalue weighted by Gasteiger charge is 2.32. The molecule has 0 spiro atoms. The van der Waals surface area contributed by atoms with E-state index in [0.29, 0.717) is 83.5 Å². The lowest BCUT2D eigenvalue weighted by Gasteiger charge is -2.21. The zero-order chi connectivity index (χ0) is 52.2. The molecule has 7 nitrogen and oxygen atoms in total. The van der Waals surface area contributed by atoms with Crippen molar-refractivity contribution in [2.24, 2.45) is 0 Å². The average Bonchev–Trinajstić information content (AvgIpc) is 4.16. The lowest BCUT2D eigenvalue weighted by Crippen LogP contribution is -2.07. The Kier molecular flexibility index (Phi) is 11.1. The van der Waals surface area contributed by atoms with Gasteiger partial charge in [-0.1, -0.05) is 109 Å². The molecule has 10 heteroatoms. The first-order valence-electron chi connectivity index (χ1n) is 24.0. The van der Waals surface area contributed by atoms with Crippen LogP contribution in [0, 0.1) is 56.7 Å². The number of alkyl halides is 3. The van der Waals surface area contributed by atoms with Gasteiger partial charge in [0.15, 0.2) is 0 Å². The van der Waals surface area contributed by atoms with Crippen LogP contribution >= 0.6 is 0 Å². The molecule has 10 aromatic carbocycles. The fourth-order valence-electron chi connectivity index (χ4n) is 10.7. The van der Waals surface area contributed by atoms with E-state index in [1.165, 1.54) is 6.07 Å². The molecule has 0 aliphatic heterocycles. The van der Waals surface area contributed by atoms with Crippen LogP contribution in [0.5, 0.6) is 0 Å². The third kappa shape index (κ3) is 7.57. The van der Waals surface area contributed by atoms with Gasteiger partial charge in [0.2, 0.25) is 0 Å². The molecule has 76 heavy (non-hydrogen) atoms. The van der Waals surface area contributed by atoms with E-state index in [9.17, 15) is 39.5 Å². The van der Waals surface area contributed by atoms with Crippen LogP contribution in [0.1, 0.15) is 33.4 Å². The molecule has 0 unspecified atom stereocenters. The first kappa shape index (κ1) is 46.1. The van der Waals surface area contributed by atoms with Crippen molar-refractivity contribution in [1.29, 1.82) is 26.3 Å². The van der Waals surface area contributed by atoms with Crippen LogP contribution in [0.3, 0.4) is 0 Å². The number of fused-ring (bicyclic) bond motifs is 6. The fourth-order valence-corrected chi connectivity index (χ4v) is 10.7. The molecule has 0 amide bonds. The molecule has 0 atom stereocenters. The first-order chi connectivity index (χ1) is 37.1. The van der Waals surface area contributed by atoms with E-state index in [0.717, 1.165) is 55.9 Å². The van der Waals surface area contributed by atoms with Crippen molar-refractivity contribution in [3.05, 3.63) is 240 Å². The summed E-state index contributed by atoms with van der Waals surface area (Å²) in [5, 5.41) is 54.9. The van der Waals surface area contributed by atoms with Gasteiger partial charge in [0.25, 0.3) is 0 Å². The molecule has 0 bridgehead atoms. The maximum atomic E-state index is 15.0. The predicted octanol–water partition coefficient (Wildman–Crippen LogP) is 16.6. The summed E-state index contributed by atoms with van der Waals surface area (Å²) >= 11 is 0. The van der Waals surface area contributed by atoms with E-state index in [1.54, 1.807) is 66.7 Å². The highest BCUT2D eigenvalue weighted by atomic mass is 19.4. The minimum absolute atomic E-state index is 0.226. The van der Waals surface area contributed by atoms with Crippen LogP contribution in [0.25, 0.3) is 111 Å². The van der Waals surface area contributed by atoms with Gasteiger partial charge in [0.05, 0.1) is 97.2 Å². The van der Waals surface area contributed by atoms with Crippen molar-refractivity contribution < 1.29 is 13.2 Å². The standard InChI is InChI=1S/C66H34F3N7/c67-66(68,69)50-15-9-14-45(30-50)65-63(75-59-24-20-41(51-16-5-1-10-46(51)36-71)31-55(59)56-32-42(21-25-60(56)75)52-17-6-2-11-47(52)37-72)28-40(35-70)29-64(65)76-61-26-22-43(53-18-7-3-12-48(53)38-73)33-57(61)58-34-44(23-27-62(58)76)54-19-8-4-13-49(54)39-74/h1-34H. The van der Waals surface area contributed by atoms with Crippen LogP contribution in [0.2, 0.25) is 0 Å². The largest absolute Gasteiger partial charge is 0.416 e. The molecule has 0 radical (unpaired) electrons. The molecule has 0 saturated heterocycles. The van der Waals surface area contributed by atoms with E-state index < -0.39 is 11.7 Å². The SMILES string of the molecule is N#Cc1cc(-n2c3ccc(-c4ccccc4C#N)cc3c3cc(-c4ccccc4C#N)ccc32)c(-c2cccc(C(F)(F)F)c2)c(-n2c3ccc(-c4ccccc4C#N)cc3c3cc(-c4ccccc4C#N)ccc32)c1. The fraction of sp³-hybridized carbons (Fsp3) is 0.0152. The maximum absolute atomic E-state index is 15.0. The molecule has 0 N–H and O–H groups in total. The second-order valence-electron chi connectivity index (χ2n) is 18.3. The number of halogens is 3. The number of rotatable bonds is 7. The van der Waals surface area contributed by atoms with Crippen molar-refractivity contribution in [2.45, 2.75) is 6.18 Å². The second kappa shape index (κ2) is 18.3. The van der Waals surface area contributed by atoms with E-state index in [-0.39, 0.29) is 11.1 Å². The summed E-state index contributed by atoms with van der Waals surface area (Å²) in [6.07, 6.45) is -4.71. The molecule has 0 fully saturated rings. The first-order valence-corrected chi connectivity index (χ1v) is 24.0. The molecule has 0 aliphatic carbocycles. The van der Waals surface area contributed by atoms with Gasteiger partial charge in [-0.3, -0.25) is 0 Å². The number of nitrogens with zero attached hydrogens (tertiary/aromatic N) is 7. The van der Waals surface area contributed by atoms with Crippen LogP contribution in [0.15, 0.2) is 206 Å². The van der Waals surface area contributed by atoms with Gasteiger partial charge in [-0.25, -0.2) is 0 Å². The van der Waals surface area contributed by atoms with Crippen LogP contribution in [0.4, 0.5) is 13.2 Å². The Balaban J connectivity index is 1.23. The number of aromatic nitrogens is 2. The van der Waals surface area contributed by atoms with Crippen LogP contribution < -0.4 is 0 Å². The molecular formula is C66H34F3N7. The number of hydrogen-bond donors (Lipinski definition) is 0. The van der Waals surface area contributed by atoms with Crippen molar-refractivity contribution in [2.75, 3.05) is 0 Å². The Morgan fingerprint density at radius 3 is 0.947 bits per heavy atom.